The summed E-state index contributed by atoms with van der Waals surface area (Å²) in [5.41, 5.74) is 3.15. The molecule has 30 heavy (non-hydrogen) atoms. The number of aryl methyl sites for hydroxylation is 1. The van der Waals surface area contributed by atoms with E-state index >= 15 is 0 Å². The van der Waals surface area contributed by atoms with Crippen molar-refractivity contribution < 1.29 is 19.1 Å². The number of hydrogen-bond acceptors (Lipinski definition) is 5. The normalized spacial score (nSPS) is 14.4. The van der Waals surface area contributed by atoms with Crippen LogP contribution in [0.4, 0.5) is 0 Å². The van der Waals surface area contributed by atoms with Gasteiger partial charge in [0.05, 0.1) is 5.56 Å². The van der Waals surface area contributed by atoms with Crippen molar-refractivity contribution in [2.75, 3.05) is 0 Å². The summed E-state index contributed by atoms with van der Waals surface area (Å²) >= 11 is 2.25. The number of halogens is 1. The Morgan fingerprint density at radius 3 is 2.60 bits per heavy atom. The minimum atomic E-state index is -0.520. The maximum atomic E-state index is 12.3. The summed E-state index contributed by atoms with van der Waals surface area (Å²) in [5.74, 6) is -0.317. The van der Waals surface area contributed by atoms with E-state index in [-0.39, 0.29) is 11.6 Å². The predicted molar refractivity (Wildman–Crippen MR) is 122 cm³/mol. The van der Waals surface area contributed by atoms with Crippen LogP contribution in [-0.4, -0.2) is 17.8 Å². The number of carbonyl (C=O) groups excluding carboxylic acids is 2. The van der Waals surface area contributed by atoms with Gasteiger partial charge >= 0.3 is 11.9 Å². The van der Waals surface area contributed by atoms with Gasteiger partial charge in [-0.2, -0.15) is 0 Å². The van der Waals surface area contributed by atoms with Gasteiger partial charge in [0.2, 0.25) is 5.90 Å². The Kier molecular flexibility index (Phi) is 5.76. The molecular weight excluding hydrogens is 493 g/mol. The molecule has 0 fully saturated rings. The lowest BCUT2D eigenvalue weighted by Crippen LogP contribution is -2.08. The van der Waals surface area contributed by atoms with E-state index in [2.05, 4.69) is 27.6 Å². The Morgan fingerprint density at radius 2 is 1.83 bits per heavy atom. The zero-order valence-corrected chi connectivity index (χ0v) is 18.1. The lowest BCUT2D eigenvalue weighted by Gasteiger charge is -2.05. The molecule has 1 aliphatic rings. The molecule has 3 aromatic carbocycles. The van der Waals surface area contributed by atoms with Crippen LogP contribution in [0.25, 0.3) is 6.08 Å². The lowest BCUT2D eigenvalue weighted by atomic mass is 10.1. The Labute approximate surface area is 187 Å². The second kappa shape index (κ2) is 8.62. The van der Waals surface area contributed by atoms with E-state index in [1.165, 1.54) is 0 Å². The van der Waals surface area contributed by atoms with Crippen LogP contribution in [0.3, 0.4) is 0 Å². The van der Waals surface area contributed by atoms with Crippen molar-refractivity contribution in [3.05, 3.63) is 104 Å². The molecule has 5 nitrogen and oxygen atoms in total. The molecule has 0 radical (unpaired) electrons. The average molecular weight is 509 g/mol. The summed E-state index contributed by atoms with van der Waals surface area (Å²) in [6.07, 6.45) is 1.61. The molecule has 0 saturated carbocycles. The van der Waals surface area contributed by atoms with Crippen LogP contribution >= 0.6 is 22.6 Å². The van der Waals surface area contributed by atoms with Crippen molar-refractivity contribution >= 4 is 46.5 Å². The topological polar surface area (TPSA) is 65.0 Å². The Balaban J connectivity index is 1.56. The fourth-order valence-electron chi connectivity index (χ4n) is 2.88. The maximum Gasteiger partial charge on any atom is 0.363 e. The van der Waals surface area contributed by atoms with Gasteiger partial charge in [0.1, 0.15) is 5.75 Å². The van der Waals surface area contributed by atoms with E-state index in [1.54, 1.807) is 54.6 Å². The van der Waals surface area contributed by atoms with Crippen molar-refractivity contribution in [1.29, 1.82) is 0 Å². The second-order valence-electron chi connectivity index (χ2n) is 6.63. The third-order valence-corrected chi connectivity index (χ3v) is 5.62. The predicted octanol–water partition coefficient (Wildman–Crippen LogP) is 5.16. The van der Waals surface area contributed by atoms with Gasteiger partial charge in [-0.15, -0.1) is 0 Å². The monoisotopic (exact) mass is 509 g/mol. The van der Waals surface area contributed by atoms with E-state index in [4.69, 9.17) is 9.47 Å². The summed E-state index contributed by atoms with van der Waals surface area (Å²) in [4.78, 5) is 28.8. The molecular formula is C24H16INO4. The second-order valence-corrected chi connectivity index (χ2v) is 7.79. The summed E-state index contributed by atoms with van der Waals surface area (Å²) in [5, 5.41) is 0. The number of esters is 2. The van der Waals surface area contributed by atoms with Crippen molar-refractivity contribution in [3.8, 4) is 5.75 Å². The Bertz CT molecular complexity index is 1200. The summed E-state index contributed by atoms with van der Waals surface area (Å²) in [6, 6.07) is 21.4. The number of benzene rings is 3. The first-order chi connectivity index (χ1) is 14.5. The molecule has 0 saturated heterocycles. The van der Waals surface area contributed by atoms with Gasteiger partial charge in [-0.05, 0) is 89.2 Å². The smallest absolute Gasteiger partial charge is 0.363 e. The minimum absolute atomic E-state index is 0.188. The zero-order chi connectivity index (χ0) is 21.1. The van der Waals surface area contributed by atoms with Crippen LogP contribution in [0.15, 0.2) is 83.5 Å². The average Bonchev–Trinajstić information content (AvgIpc) is 3.11. The quantitative estimate of drug-likeness (QED) is 0.211. The first-order valence-corrected chi connectivity index (χ1v) is 10.2. The van der Waals surface area contributed by atoms with Crippen LogP contribution < -0.4 is 4.74 Å². The number of cyclic esters (lactones) is 1. The molecule has 148 valence electrons. The van der Waals surface area contributed by atoms with Crippen molar-refractivity contribution in [2.45, 2.75) is 6.92 Å². The molecule has 4 rings (SSSR count). The number of nitrogens with zero attached hydrogens (tertiary/aromatic N) is 1. The van der Waals surface area contributed by atoms with Crippen LogP contribution in [-0.2, 0) is 9.53 Å². The summed E-state index contributed by atoms with van der Waals surface area (Å²) < 4.78 is 11.9. The first-order valence-electron chi connectivity index (χ1n) is 9.16. The fourth-order valence-corrected chi connectivity index (χ4v) is 3.21. The lowest BCUT2D eigenvalue weighted by molar-refractivity contribution is -0.129. The van der Waals surface area contributed by atoms with Gasteiger partial charge in [0, 0.05) is 9.13 Å². The van der Waals surface area contributed by atoms with Crippen LogP contribution in [0.1, 0.15) is 27.0 Å². The maximum absolute atomic E-state index is 12.3. The van der Waals surface area contributed by atoms with Gasteiger partial charge < -0.3 is 9.47 Å². The number of ether oxygens (including phenoxy) is 2. The molecule has 1 aliphatic heterocycles. The van der Waals surface area contributed by atoms with Crippen molar-refractivity contribution in [2.24, 2.45) is 4.99 Å². The number of hydrogen-bond donors (Lipinski definition) is 0. The molecule has 0 atom stereocenters. The Morgan fingerprint density at radius 1 is 1.03 bits per heavy atom. The molecule has 0 bridgehead atoms. The van der Waals surface area contributed by atoms with Gasteiger partial charge in [0.15, 0.2) is 5.70 Å². The van der Waals surface area contributed by atoms with Crippen molar-refractivity contribution in [3.63, 3.8) is 0 Å². The van der Waals surface area contributed by atoms with Gasteiger partial charge in [0.25, 0.3) is 0 Å². The molecule has 0 aromatic heterocycles. The summed E-state index contributed by atoms with van der Waals surface area (Å²) in [7, 11) is 0. The number of aliphatic imine (C=N–C) groups is 1. The van der Waals surface area contributed by atoms with Crippen LogP contribution in [0.2, 0.25) is 0 Å². The summed E-state index contributed by atoms with van der Waals surface area (Å²) in [6.45, 7) is 1.99. The molecule has 0 unspecified atom stereocenters. The largest absolute Gasteiger partial charge is 0.423 e. The fraction of sp³-hybridized carbons (Fsp3) is 0.0417. The van der Waals surface area contributed by atoms with Crippen LogP contribution in [0.5, 0.6) is 5.75 Å². The standard InChI is InChI=1S/C24H16INO4/c1-15-12-18(10-11-20(15)25)22-26-21(24(28)30-22)14-16-6-5-9-19(13-16)29-23(27)17-7-3-2-4-8-17/h2-14H,1H3/b21-14-. The third kappa shape index (κ3) is 4.49. The molecule has 0 N–H and O–H groups in total. The van der Waals surface area contributed by atoms with E-state index in [9.17, 15) is 9.59 Å². The molecule has 0 aliphatic carbocycles. The van der Waals surface area contributed by atoms with E-state index < -0.39 is 11.9 Å². The third-order valence-electron chi connectivity index (χ3n) is 4.41. The van der Waals surface area contributed by atoms with Gasteiger partial charge in [-0.3, -0.25) is 0 Å². The Hall–Kier alpha value is -3.26. The number of rotatable bonds is 4. The van der Waals surface area contributed by atoms with E-state index in [0.717, 1.165) is 14.7 Å². The van der Waals surface area contributed by atoms with Crippen molar-refractivity contribution in [1.82, 2.24) is 0 Å². The highest BCUT2D eigenvalue weighted by molar-refractivity contribution is 14.1. The number of carbonyl (C=O) groups is 2. The molecule has 3 aromatic rings. The first kappa shape index (κ1) is 20.0. The molecule has 1 heterocycles. The zero-order valence-electron chi connectivity index (χ0n) is 16.0. The molecule has 0 spiro atoms. The highest BCUT2D eigenvalue weighted by atomic mass is 127. The minimum Gasteiger partial charge on any atom is -0.423 e. The molecule has 6 heteroatoms. The molecule has 0 amide bonds. The van der Waals surface area contributed by atoms with E-state index in [0.29, 0.717) is 16.9 Å². The van der Waals surface area contributed by atoms with E-state index in [1.807, 2.05) is 31.2 Å². The van der Waals surface area contributed by atoms with Crippen LogP contribution in [0, 0.1) is 10.5 Å². The van der Waals surface area contributed by atoms with Gasteiger partial charge in [-0.1, -0.05) is 30.3 Å². The SMILES string of the molecule is Cc1cc(C2=N/C(=C\c3cccc(OC(=O)c4ccccc4)c3)C(=O)O2)ccc1I. The highest BCUT2D eigenvalue weighted by Gasteiger charge is 2.24. The highest BCUT2D eigenvalue weighted by Crippen LogP contribution is 2.23. The van der Waals surface area contributed by atoms with Gasteiger partial charge in [-0.25, -0.2) is 14.6 Å².